The lowest BCUT2D eigenvalue weighted by atomic mass is 10.1. The van der Waals surface area contributed by atoms with Gasteiger partial charge in [-0.15, -0.1) is 0 Å². The number of anilines is 2. The van der Waals surface area contributed by atoms with Crippen LogP contribution in [0.25, 0.3) is 0 Å². The molecule has 1 heterocycles. The Bertz CT molecular complexity index is 431. The lowest BCUT2D eigenvalue weighted by molar-refractivity contribution is 0.0945. The Balaban J connectivity index is 2.40. The number of nitrogen functional groups attached to an aromatic ring is 1. The number of hydrogen-bond donors (Lipinski definition) is 3. The lowest BCUT2D eigenvalue weighted by Crippen LogP contribution is -2.30. The highest BCUT2D eigenvalue weighted by Gasteiger charge is 2.19. The Kier molecular flexibility index (Phi) is 8.12. The molecule has 5 nitrogen and oxygen atoms in total. The van der Waals surface area contributed by atoms with Gasteiger partial charge in [0.15, 0.2) is 5.82 Å². The van der Waals surface area contributed by atoms with Gasteiger partial charge in [0.05, 0.1) is 0 Å². The number of carbonyl (C=O) groups is 1. The highest BCUT2D eigenvalue weighted by molar-refractivity contribution is 7.11. The van der Waals surface area contributed by atoms with E-state index in [1.807, 2.05) is 13.8 Å². The molecule has 0 saturated heterocycles. The lowest BCUT2D eigenvalue weighted by Gasteiger charge is -2.10. The molecular weight excluding hydrogens is 284 g/mol. The summed E-state index contributed by atoms with van der Waals surface area (Å²) in [6.07, 6.45) is 7.50. The molecule has 0 spiro atoms. The van der Waals surface area contributed by atoms with Crippen LogP contribution in [-0.2, 0) is 0 Å². The number of nitrogens with zero attached hydrogens (tertiary/aromatic N) is 1. The summed E-state index contributed by atoms with van der Waals surface area (Å²) in [6.45, 7) is 6.93. The zero-order chi connectivity index (χ0) is 15.7. The summed E-state index contributed by atoms with van der Waals surface area (Å²) < 4.78 is 4.08. The SMILES string of the molecule is CCCCCCCCNc1snc(N)c1C(=O)NC(C)C. The fourth-order valence-corrected chi connectivity index (χ4v) is 2.82. The van der Waals surface area contributed by atoms with Crippen molar-refractivity contribution in [2.45, 2.75) is 65.3 Å². The topological polar surface area (TPSA) is 80.0 Å². The molecule has 0 atom stereocenters. The van der Waals surface area contributed by atoms with Crippen LogP contribution in [0, 0.1) is 0 Å². The van der Waals surface area contributed by atoms with Gasteiger partial charge in [0.25, 0.3) is 5.91 Å². The molecule has 0 fully saturated rings. The quantitative estimate of drug-likeness (QED) is 0.576. The maximum atomic E-state index is 12.1. The smallest absolute Gasteiger partial charge is 0.258 e. The van der Waals surface area contributed by atoms with E-state index < -0.39 is 0 Å². The van der Waals surface area contributed by atoms with Crippen molar-refractivity contribution in [2.75, 3.05) is 17.6 Å². The molecule has 6 heteroatoms. The highest BCUT2D eigenvalue weighted by atomic mass is 32.1. The van der Waals surface area contributed by atoms with Gasteiger partial charge in [0, 0.05) is 12.6 Å². The number of nitrogens with two attached hydrogens (primary N) is 1. The van der Waals surface area contributed by atoms with Crippen molar-refractivity contribution in [3.63, 3.8) is 0 Å². The maximum absolute atomic E-state index is 12.1. The van der Waals surface area contributed by atoms with E-state index in [1.165, 1.54) is 43.6 Å². The molecule has 0 bridgehead atoms. The van der Waals surface area contributed by atoms with E-state index in [4.69, 9.17) is 5.73 Å². The van der Waals surface area contributed by atoms with E-state index in [1.54, 1.807) is 0 Å². The molecule has 0 aliphatic rings. The molecule has 0 aromatic carbocycles. The average molecular weight is 312 g/mol. The van der Waals surface area contributed by atoms with Gasteiger partial charge in [-0.2, -0.15) is 4.37 Å². The number of rotatable bonds is 10. The van der Waals surface area contributed by atoms with Gasteiger partial charge in [0.1, 0.15) is 10.6 Å². The van der Waals surface area contributed by atoms with Crippen LogP contribution < -0.4 is 16.4 Å². The van der Waals surface area contributed by atoms with Crippen LogP contribution in [0.1, 0.15) is 69.7 Å². The maximum Gasteiger partial charge on any atom is 0.258 e. The molecule has 0 unspecified atom stereocenters. The number of amides is 1. The number of unbranched alkanes of at least 4 members (excludes halogenated alkanes) is 5. The molecule has 1 amide bonds. The first-order valence-corrected chi connectivity index (χ1v) is 8.63. The van der Waals surface area contributed by atoms with Crippen LogP contribution in [0.3, 0.4) is 0 Å². The first kappa shape index (κ1) is 17.8. The fourth-order valence-electron chi connectivity index (χ4n) is 2.08. The zero-order valence-corrected chi connectivity index (χ0v) is 14.2. The minimum atomic E-state index is -0.151. The number of aromatic nitrogens is 1. The van der Waals surface area contributed by atoms with E-state index >= 15 is 0 Å². The Morgan fingerprint density at radius 1 is 1.24 bits per heavy atom. The molecule has 0 radical (unpaired) electrons. The largest absolute Gasteiger partial charge is 0.382 e. The van der Waals surface area contributed by atoms with E-state index in [0.717, 1.165) is 18.0 Å². The predicted octanol–water partition coefficient (Wildman–Crippen LogP) is 3.64. The Morgan fingerprint density at radius 3 is 2.57 bits per heavy atom. The predicted molar refractivity (Wildman–Crippen MR) is 91.0 cm³/mol. The number of nitrogens with one attached hydrogen (secondary N) is 2. The van der Waals surface area contributed by atoms with Gasteiger partial charge in [-0.25, -0.2) is 0 Å². The second kappa shape index (κ2) is 9.60. The number of carbonyl (C=O) groups excluding carboxylic acids is 1. The van der Waals surface area contributed by atoms with Crippen molar-refractivity contribution >= 4 is 28.3 Å². The normalized spacial score (nSPS) is 10.9. The monoisotopic (exact) mass is 312 g/mol. The minimum absolute atomic E-state index is 0.0863. The van der Waals surface area contributed by atoms with Gasteiger partial charge in [-0.3, -0.25) is 4.79 Å². The highest BCUT2D eigenvalue weighted by Crippen LogP contribution is 2.26. The van der Waals surface area contributed by atoms with E-state index in [9.17, 15) is 4.79 Å². The second-order valence-corrected chi connectivity index (χ2v) is 6.37. The number of hydrogen-bond acceptors (Lipinski definition) is 5. The first-order valence-electron chi connectivity index (χ1n) is 7.86. The summed E-state index contributed by atoms with van der Waals surface area (Å²) in [6, 6.07) is 0.0863. The third-order valence-corrected chi connectivity index (χ3v) is 4.00. The first-order chi connectivity index (χ1) is 10.1. The molecule has 0 aliphatic carbocycles. The second-order valence-electron chi connectivity index (χ2n) is 5.59. The van der Waals surface area contributed by atoms with Crippen molar-refractivity contribution in [2.24, 2.45) is 0 Å². The molecule has 4 N–H and O–H groups in total. The van der Waals surface area contributed by atoms with E-state index in [-0.39, 0.29) is 11.9 Å². The average Bonchev–Trinajstić information content (AvgIpc) is 2.78. The molecule has 21 heavy (non-hydrogen) atoms. The molecule has 0 aliphatic heterocycles. The third-order valence-electron chi connectivity index (χ3n) is 3.18. The van der Waals surface area contributed by atoms with E-state index in [2.05, 4.69) is 21.9 Å². The summed E-state index contributed by atoms with van der Waals surface area (Å²) in [5.41, 5.74) is 6.29. The molecule has 1 rings (SSSR count). The van der Waals surface area contributed by atoms with Crippen molar-refractivity contribution in [1.29, 1.82) is 0 Å². The molecular formula is C15H28N4OS. The van der Waals surface area contributed by atoms with Crippen LogP contribution >= 0.6 is 11.5 Å². The minimum Gasteiger partial charge on any atom is -0.382 e. The standard InChI is InChI=1S/C15H28N4OS/c1-4-5-6-7-8-9-10-17-15-12(13(16)19-21-15)14(20)18-11(2)3/h11,17H,4-10H2,1-3H3,(H2,16,19)(H,18,20). The van der Waals surface area contributed by atoms with Crippen LogP contribution in [0.15, 0.2) is 0 Å². The van der Waals surface area contributed by atoms with Gasteiger partial charge in [0.2, 0.25) is 0 Å². The van der Waals surface area contributed by atoms with Crippen molar-refractivity contribution in [3.8, 4) is 0 Å². The van der Waals surface area contributed by atoms with Crippen molar-refractivity contribution < 1.29 is 4.79 Å². The molecule has 120 valence electrons. The summed E-state index contributed by atoms with van der Waals surface area (Å²) in [7, 11) is 0. The van der Waals surface area contributed by atoms with Crippen LogP contribution in [-0.4, -0.2) is 22.9 Å². The van der Waals surface area contributed by atoms with Crippen LogP contribution in [0.2, 0.25) is 0 Å². The third kappa shape index (κ3) is 6.33. The summed E-state index contributed by atoms with van der Waals surface area (Å²) in [5.74, 6) is 0.158. The molecule has 1 aromatic heterocycles. The van der Waals surface area contributed by atoms with Gasteiger partial charge < -0.3 is 16.4 Å². The van der Waals surface area contributed by atoms with E-state index in [0.29, 0.717) is 11.4 Å². The Labute approximate surface area is 131 Å². The van der Waals surface area contributed by atoms with Gasteiger partial charge in [-0.05, 0) is 31.8 Å². The molecule has 0 saturated carbocycles. The van der Waals surface area contributed by atoms with Gasteiger partial charge >= 0.3 is 0 Å². The summed E-state index contributed by atoms with van der Waals surface area (Å²) >= 11 is 1.26. The van der Waals surface area contributed by atoms with Crippen LogP contribution in [0.5, 0.6) is 0 Å². The Morgan fingerprint density at radius 2 is 1.90 bits per heavy atom. The zero-order valence-electron chi connectivity index (χ0n) is 13.4. The van der Waals surface area contributed by atoms with Crippen molar-refractivity contribution in [1.82, 2.24) is 9.69 Å². The van der Waals surface area contributed by atoms with Crippen molar-refractivity contribution in [3.05, 3.63) is 5.56 Å². The van der Waals surface area contributed by atoms with Crippen LogP contribution in [0.4, 0.5) is 10.8 Å². The van der Waals surface area contributed by atoms with Gasteiger partial charge in [-0.1, -0.05) is 39.0 Å². The Hall–Kier alpha value is -1.30. The fraction of sp³-hybridized carbons (Fsp3) is 0.733. The molecule has 1 aromatic rings. The summed E-state index contributed by atoms with van der Waals surface area (Å²) in [4.78, 5) is 12.1. The summed E-state index contributed by atoms with van der Waals surface area (Å²) in [5, 5.41) is 6.93.